The quantitative estimate of drug-likeness (QED) is 0.658. The molecule has 0 radical (unpaired) electrons. The number of carbonyl (C=O) groups excluding carboxylic acids is 1. The first kappa shape index (κ1) is 22.0. The van der Waals surface area contributed by atoms with Gasteiger partial charge in [0, 0.05) is 42.5 Å². The highest BCUT2D eigenvalue weighted by atomic mass is 32.1. The van der Waals surface area contributed by atoms with Crippen LogP contribution in [-0.2, 0) is 4.79 Å². The van der Waals surface area contributed by atoms with E-state index in [-0.39, 0.29) is 5.91 Å². The summed E-state index contributed by atoms with van der Waals surface area (Å²) in [4.78, 5) is 17.6. The van der Waals surface area contributed by atoms with Gasteiger partial charge in [-0.15, -0.1) is 0 Å². The van der Waals surface area contributed by atoms with Crippen LogP contribution in [0.25, 0.3) is 0 Å². The topological polar surface area (TPSA) is 47.6 Å². The lowest BCUT2D eigenvalue weighted by Crippen LogP contribution is -2.47. The molecule has 0 bridgehead atoms. The molecule has 1 aromatic carbocycles. The standard InChI is InChI=1S/C23H36N4OS/c1-16(2)26(17(3)4)14-15-27-20-13-9-8-12-19(20)21(22(27)28)25-23(29)24-18-10-6-5-7-11-18/h8-9,12-13,16-18,21H,5-7,10-11,14-15H2,1-4H3,(H2,24,25,29). The van der Waals surface area contributed by atoms with Crippen molar-refractivity contribution in [2.75, 3.05) is 18.0 Å². The van der Waals surface area contributed by atoms with Crippen molar-refractivity contribution in [3.05, 3.63) is 29.8 Å². The Balaban J connectivity index is 1.68. The van der Waals surface area contributed by atoms with Gasteiger partial charge in [-0.2, -0.15) is 0 Å². The summed E-state index contributed by atoms with van der Waals surface area (Å²) in [6.45, 7) is 10.4. The molecule has 3 rings (SSSR count). The zero-order valence-electron chi connectivity index (χ0n) is 18.3. The molecule has 0 spiro atoms. The second-order valence-electron chi connectivity index (χ2n) is 8.86. The van der Waals surface area contributed by atoms with Gasteiger partial charge in [0.25, 0.3) is 5.91 Å². The maximum Gasteiger partial charge on any atom is 0.254 e. The molecule has 1 aromatic rings. The van der Waals surface area contributed by atoms with Crippen LogP contribution in [0.15, 0.2) is 24.3 Å². The molecule has 2 N–H and O–H groups in total. The van der Waals surface area contributed by atoms with E-state index in [1.165, 1.54) is 19.3 Å². The molecule has 0 aromatic heterocycles. The fourth-order valence-corrected chi connectivity index (χ4v) is 4.97. The first-order valence-electron chi connectivity index (χ1n) is 11.1. The number of hydrogen-bond donors (Lipinski definition) is 2. The van der Waals surface area contributed by atoms with Crippen LogP contribution >= 0.6 is 12.2 Å². The number of benzene rings is 1. The number of thiocarbonyl (C=S) groups is 1. The van der Waals surface area contributed by atoms with Crippen LogP contribution in [-0.4, -0.2) is 47.1 Å². The first-order valence-corrected chi connectivity index (χ1v) is 11.5. The zero-order chi connectivity index (χ0) is 21.0. The summed E-state index contributed by atoms with van der Waals surface area (Å²) in [5.74, 6) is 0.0893. The van der Waals surface area contributed by atoms with Crippen LogP contribution in [0, 0.1) is 0 Å². The van der Waals surface area contributed by atoms with E-state index in [1.807, 2.05) is 29.2 Å². The minimum Gasteiger partial charge on any atom is -0.360 e. The Morgan fingerprint density at radius 1 is 1.10 bits per heavy atom. The van der Waals surface area contributed by atoms with E-state index >= 15 is 0 Å². The Morgan fingerprint density at radius 3 is 2.41 bits per heavy atom. The molecule has 2 aliphatic rings. The van der Waals surface area contributed by atoms with Crippen molar-refractivity contribution in [3.8, 4) is 0 Å². The van der Waals surface area contributed by atoms with Gasteiger partial charge in [-0.05, 0) is 58.8 Å². The van der Waals surface area contributed by atoms with E-state index in [1.54, 1.807) is 0 Å². The van der Waals surface area contributed by atoms with Gasteiger partial charge in [0.05, 0.1) is 0 Å². The predicted octanol–water partition coefficient (Wildman–Crippen LogP) is 3.99. The van der Waals surface area contributed by atoms with E-state index < -0.39 is 6.04 Å². The third-order valence-corrected chi connectivity index (χ3v) is 6.41. The van der Waals surface area contributed by atoms with E-state index in [0.717, 1.165) is 30.6 Å². The molecule has 1 amide bonds. The van der Waals surface area contributed by atoms with E-state index in [9.17, 15) is 4.79 Å². The molecule has 1 aliphatic carbocycles. The largest absolute Gasteiger partial charge is 0.360 e. The van der Waals surface area contributed by atoms with E-state index in [2.05, 4.69) is 43.2 Å². The van der Waals surface area contributed by atoms with Gasteiger partial charge in [-0.25, -0.2) is 0 Å². The Kier molecular flexibility index (Phi) is 7.52. The van der Waals surface area contributed by atoms with Crippen LogP contribution in [0.5, 0.6) is 0 Å². The van der Waals surface area contributed by atoms with Gasteiger partial charge in [-0.1, -0.05) is 37.5 Å². The molecule has 1 saturated carbocycles. The third-order valence-electron chi connectivity index (χ3n) is 6.18. The van der Waals surface area contributed by atoms with Crippen molar-refractivity contribution in [3.63, 3.8) is 0 Å². The van der Waals surface area contributed by atoms with Crippen LogP contribution in [0.1, 0.15) is 71.4 Å². The molecular formula is C23H36N4OS. The highest BCUT2D eigenvalue weighted by Crippen LogP contribution is 2.35. The smallest absolute Gasteiger partial charge is 0.254 e. The van der Waals surface area contributed by atoms with Crippen molar-refractivity contribution in [1.82, 2.24) is 15.5 Å². The molecule has 160 valence electrons. The SMILES string of the molecule is CC(C)N(CCN1C(=O)C(NC(=S)NC2CCCCC2)c2ccccc21)C(C)C. The van der Waals surface area contributed by atoms with E-state index in [0.29, 0.717) is 29.8 Å². The Bertz CT molecular complexity index is 707. The number of fused-ring (bicyclic) bond motifs is 1. The molecular weight excluding hydrogens is 380 g/mol. The molecule has 6 heteroatoms. The Labute approximate surface area is 181 Å². The highest BCUT2D eigenvalue weighted by Gasteiger charge is 2.37. The lowest BCUT2D eigenvalue weighted by Gasteiger charge is -2.32. The van der Waals surface area contributed by atoms with Gasteiger partial charge in [0.15, 0.2) is 5.11 Å². The highest BCUT2D eigenvalue weighted by molar-refractivity contribution is 7.80. The van der Waals surface area contributed by atoms with Crippen molar-refractivity contribution in [2.45, 2.75) is 84.0 Å². The number of carbonyl (C=O) groups is 1. The molecule has 5 nitrogen and oxygen atoms in total. The van der Waals surface area contributed by atoms with Crippen LogP contribution in [0.4, 0.5) is 5.69 Å². The van der Waals surface area contributed by atoms with Crippen molar-refractivity contribution < 1.29 is 4.79 Å². The molecule has 1 fully saturated rings. The summed E-state index contributed by atoms with van der Waals surface area (Å²) >= 11 is 5.57. The van der Waals surface area contributed by atoms with Crippen molar-refractivity contribution >= 4 is 28.9 Å². The Morgan fingerprint density at radius 2 is 1.76 bits per heavy atom. The number of hydrogen-bond acceptors (Lipinski definition) is 3. The third kappa shape index (κ3) is 5.28. The van der Waals surface area contributed by atoms with Gasteiger partial charge < -0.3 is 15.5 Å². The number of nitrogens with zero attached hydrogens (tertiary/aromatic N) is 2. The fourth-order valence-electron chi connectivity index (χ4n) is 4.69. The van der Waals surface area contributed by atoms with Gasteiger partial charge in [0.2, 0.25) is 0 Å². The minimum atomic E-state index is -0.402. The minimum absolute atomic E-state index is 0.0893. The summed E-state index contributed by atoms with van der Waals surface area (Å²) in [5, 5.41) is 7.34. The number of nitrogens with one attached hydrogen (secondary N) is 2. The Hall–Kier alpha value is -1.66. The van der Waals surface area contributed by atoms with Crippen molar-refractivity contribution in [1.29, 1.82) is 0 Å². The summed E-state index contributed by atoms with van der Waals surface area (Å²) in [6, 6.07) is 9.00. The number of rotatable bonds is 7. The molecule has 0 saturated heterocycles. The molecule has 1 heterocycles. The second-order valence-corrected chi connectivity index (χ2v) is 9.27. The van der Waals surface area contributed by atoms with Crippen LogP contribution in [0.2, 0.25) is 0 Å². The average Bonchev–Trinajstić information content (AvgIpc) is 2.94. The van der Waals surface area contributed by atoms with Gasteiger partial charge in [-0.3, -0.25) is 9.69 Å². The number of anilines is 1. The monoisotopic (exact) mass is 416 g/mol. The maximum absolute atomic E-state index is 13.3. The van der Waals surface area contributed by atoms with Crippen LogP contribution < -0.4 is 15.5 Å². The van der Waals surface area contributed by atoms with Crippen LogP contribution in [0.3, 0.4) is 0 Å². The average molecular weight is 417 g/mol. The summed E-state index contributed by atoms with van der Waals surface area (Å²) < 4.78 is 0. The van der Waals surface area contributed by atoms with Gasteiger partial charge >= 0.3 is 0 Å². The maximum atomic E-state index is 13.3. The first-order chi connectivity index (χ1) is 13.9. The van der Waals surface area contributed by atoms with E-state index in [4.69, 9.17) is 12.2 Å². The van der Waals surface area contributed by atoms with Crippen molar-refractivity contribution in [2.24, 2.45) is 0 Å². The summed E-state index contributed by atoms with van der Waals surface area (Å²) in [7, 11) is 0. The molecule has 1 aliphatic heterocycles. The summed E-state index contributed by atoms with van der Waals surface area (Å²) in [6.07, 6.45) is 6.13. The lowest BCUT2D eigenvalue weighted by atomic mass is 9.96. The molecule has 1 atom stereocenters. The lowest BCUT2D eigenvalue weighted by molar-refractivity contribution is -0.119. The normalized spacial score (nSPS) is 19.9. The molecule has 29 heavy (non-hydrogen) atoms. The zero-order valence-corrected chi connectivity index (χ0v) is 19.1. The van der Waals surface area contributed by atoms with Gasteiger partial charge in [0.1, 0.15) is 6.04 Å². The number of para-hydroxylation sites is 1. The summed E-state index contributed by atoms with van der Waals surface area (Å²) in [5.41, 5.74) is 2.02. The second kappa shape index (κ2) is 9.90. The number of amides is 1. The predicted molar refractivity (Wildman–Crippen MR) is 124 cm³/mol. The fraction of sp³-hybridized carbons (Fsp3) is 0.652. The molecule has 1 unspecified atom stereocenters.